The second-order valence-corrected chi connectivity index (χ2v) is 25.3. The van der Waals surface area contributed by atoms with Crippen molar-refractivity contribution in [2.75, 3.05) is 13.2 Å². The lowest BCUT2D eigenvalue weighted by Gasteiger charge is -2.20. The van der Waals surface area contributed by atoms with E-state index in [4.69, 9.17) is 4.74 Å². The fourth-order valence-electron chi connectivity index (χ4n) is 11.6. The first-order chi connectivity index (χ1) is 40.0. The Morgan fingerprint density at radius 2 is 0.617 bits per heavy atom. The van der Waals surface area contributed by atoms with Crippen molar-refractivity contribution >= 4 is 11.9 Å². The van der Waals surface area contributed by atoms with Crippen molar-refractivity contribution < 1.29 is 24.5 Å². The van der Waals surface area contributed by atoms with Gasteiger partial charge in [0.2, 0.25) is 5.91 Å². The Morgan fingerprint density at radius 3 is 0.963 bits per heavy atom. The second-order valence-electron chi connectivity index (χ2n) is 25.3. The minimum atomic E-state index is -0.844. The van der Waals surface area contributed by atoms with Gasteiger partial charge in [0.05, 0.1) is 25.4 Å². The van der Waals surface area contributed by atoms with Gasteiger partial charge in [-0.15, -0.1) is 0 Å². The highest BCUT2D eigenvalue weighted by atomic mass is 16.5. The maximum atomic E-state index is 12.5. The number of carbonyl (C=O) groups is 2. The van der Waals surface area contributed by atoms with Crippen molar-refractivity contribution in [3.63, 3.8) is 0 Å². The van der Waals surface area contributed by atoms with Crippen LogP contribution >= 0.6 is 0 Å². The summed E-state index contributed by atoms with van der Waals surface area (Å²) < 4.78 is 5.49. The van der Waals surface area contributed by atoms with Gasteiger partial charge in [-0.05, 0) is 64.2 Å². The predicted molar refractivity (Wildman–Crippen MR) is 356 cm³/mol. The first kappa shape index (κ1) is 79.1. The molecule has 3 N–H and O–H groups in total. The molecule has 0 spiro atoms. The first-order valence-corrected chi connectivity index (χ1v) is 36.8. The molecule has 0 rings (SSSR count). The molecule has 0 aliphatic carbocycles. The highest BCUT2D eigenvalue weighted by Gasteiger charge is 2.18. The monoisotopic (exact) mass is 1140 g/mol. The van der Waals surface area contributed by atoms with Crippen molar-refractivity contribution in [2.24, 2.45) is 0 Å². The molecular weight excluding hydrogens is 995 g/mol. The maximum absolute atomic E-state index is 12.5. The van der Waals surface area contributed by atoms with Crippen LogP contribution in [0.4, 0.5) is 0 Å². The van der Waals surface area contributed by atoms with Crippen LogP contribution in [0, 0.1) is 0 Å². The molecule has 81 heavy (non-hydrogen) atoms. The summed E-state index contributed by atoms with van der Waals surface area (Å²) in [6.45, 7) is 4.91. The number of hydrogen-bond acceptors (Lipinski definition) is 5. The Labute approximate surface area is 506 Å². The van der Waals surface area contributed by atoms with Crippen LogP contribution in [0.15, 0.2) is 36.5 Å². The zero-order valence-electron chi connectivity index (χ0n) is 54.8. The van der Waals surface area contributed by atoms with Crippen LogP contribution in [-0.2, 0) is 14.3 Å². The maximum Gasteiger partial charge on any atom is 0.305 e. The average molecular weight is 1140 g/mol. The molecule has 478 valence electrons. The van der Waals surface area contributed by atoms with Crippen molar-refractivity contribution in [3.05, 3.63) is 36.5 Å². The summed E-state index contributed by atoms with van der Waals surface area (Å²) in [5.74, 6) is -0.0560. The van der Waals surface area contributed by atoms with Gasteiger partial charge in [0.25, 0.3) is 0 Å². The molecule has 0 saturated carbocycles. The molecular formula is C75H143NO5. The van der Waals surface area contributed by atoms with E-state index in [9.17, 15) is 19.8 Å². The van der Waals surface area contributed by atoms with E-state index >= 15 is 0 Å². The Kier molecular flexibility index (Phi) is 68.9. The lowest BCUT2D eigenvalue weighted by Crippen LogP contribution is -2.45. The summed E-state index contributed by atoms with van der Waals surface area (Å²) in [5.41, 5.74) is 0. The molecule has 0 saturated heterocycles. The topological polar surface area (TPSA) is 95.9 Å². The highest BCUT2D eigenvalue weighted by Crippen LogP contribution is 2.19. The minimum Gasteiger partial charge on any atom is -0.466 e. The Bertz CT molecular complexity index is 1310. The summed E-state index contributed by atoms with van der Waals surface area (Å²) >= 11 is 0. The number of amides is 1. The Hall–Kier alpha value is -1.92. The van der Waals surface area contributed by atoms with Gasteiger partial charge < -0.3 is 20.3 Å². The molecule has 0 radical (unpaired) electrons. The third-order valence-electron chi connectivity index (χ3n) is 17.2. The third-order valence-corrected chi connectivity index (χ3v) is 17.2. The van der Waals surface area contributed by atoms with E-state index < -0.39 is 12.1 Å². The van der Waals surface area contributed by atoms with Crippen LogP contribution in [0.3, 0.4) is 0 Å². The molecule has 0 aromatic heterocycles. The summed E-state index contributed by atoms with van der Waals surface area (Å²) in [6, 6.07) is -0.627. The summed E-state index contributed by atoms with van der Waals surface area (Å²) in [6.07, 6.45) is 90.9. The van der Waals surface area contributed by atoms with E-state index in [-0.39, 0.29) is 18.5 Å². The predicted octanol–water partition coefficient (Wildman–Crippen LogP) is 23.9. The fourth-order valence-corrected chi connectivity index (χ4v) is 11.6. The molecule has 6 heteroatoms. The zero-order valence-corrected chi connectivity index (χ0v) is 54.8. The number of allylic oxidation sites excluding steroid dienone is 5. The van der Waals surface area contributed by atoms with E-state index in [0.29, 0.717) is 19.4 Å². The Morgan fingerprint density at radius 1 is 0.346 bits per heavy atom. The molecule has 1 amide bonds. The third kappa shape index (κ3) is 67.1. The van der Waals surface area contributed by atoms with Gasteiger partial charge in [0, 0.05) is 12.8 Å². The van der Waals surface area contributed by atoms with Gasteiger partial charge >= 0.3 is 5.97 Å². The molecule has 0 aliphatic heterocycles. The second kappa shape index (κ2) is 70.6. The van der Waals surface area contributed by atoms with Crippen molar-refractivity contribution in [2.45, 2.75) is 418 Å². The van der Waals surface area contributed by atoms with Crippen LogP contribution in [0.25, 0.3) is 0 Å². The normalized spacial score (nSPS) is 12.7. The van der Waals surface area contributed by atoms with E-state index in [1.54, 1.807) is 6.08 Å². The van der Waals surface area contributed by atoms with Gasteiger partial charge in [0.1, 0.15) is 0 Å². The smallest absolute Gasteiger partial charge is 0.305 e. The summed E-state index contributed by atoms with van der Waals surface area (Å²) in [7, 11) is 0. The molecule has 2 atom stereocenters. The average Bonchev–Trinajstić information content (AvgIpc) is 3.47. The van der Waals surface area contributed by atoms with Crippen molar-refractivity contribution in [3.8, 4) is 0 Å². The molecule has 0 heterocycles. The molecule has 2 unspecified atom stereocenters. The number of ether oxygens (including phenoxy) is 1. The van der Waals surface area contributed by atoms with E-state index in [0.717, 1.165) is 51.4 Å². The number of unbranched alkanes of at least 4 members (excludes halogenated alkanes) is 54. The molecule has 0 fully saturated rings. The lowest BCUT2D eigenvalue weighted by molar-refractivity contribution is -0.143. The fraction of sp³-hybridized carbons (Fsp3) is 0.893. The van der Waals surface area contributed by atoms with Crippen LogP contribution in [-0.4, -0.2) is 47.4 Å². The van der Waals surface area contributed by atoms with Gasteiger partial charge in [-0.3, -0.25) is 9.59 Å². The van der Waals surface area contributed by atoms with Crippen LogP contribution in [0.1, 0.15) is 406 Å². The number of aliphatic hydroxyl groups excluding tert-OH is 2. The number of nitrogens with one attached hydrogen (secondary N) is 1. The van der Waals surface area contributed by atoms with Crippen molar-refractivity contribution in [1.29, 1.82) is 0 Å². The number of esters is 1. The quantitative estimate of drug-likeness (QED) is 0.0320. The summed E-state index contributed by atoms with van der Waals surface area (Å²) in [4.78, 5) is 24.6. The Balaban J connectivity index is 3.37. The largest absolute Gasteiger partial charge is 0.466 e. The van der Waals surface area contributed by atoms with Gasteiger partial charge in [-0.2, -0.15) is 0 Å². The number of rotatable bonds is 69. The molecule has 0 aliphatic rings. The van der Waals surface area contributed by atoms with Gasteiger partial charge in [0.15, 0.2) is 0 Å². The lowest BCUT2D eigenvalue weighted by atomic mass is 10.0. The number of hydrogen-bond donors (Lipinski definition) is 3. The van der Waals surface area contributed by atoms with Crippen LogP contribution in [0.5, 0.6) is 0 Å². The molecule has 0 bridgehead atoms. The van der Waals surface area contributed by atoms with Crippen molar-refractivity contribution in [1.82, 2.24) is 5.32 Å². The van der Waals surface area contributed by atoms with Gasteiger partial charge in [-0.25, -0.2) is 0 Å². The minimum absolute atomic E-state index is 0.00493. The van der Waals surface area contributed by atoms with E-state index in [1.807, 2.05) is 6.08 Å². The number of carbonyl (C=O) groups excluding carboxylic acids is 2. The standard InChI is InChI=1S/C75H143NO5/c1-3-5-7-9-11-13-15-17-19-20-21-30-33-36-40-43-47-51-55-59-63-67-73(78)72(71-77)76-74(79)68-64-60-56-52-48-44-41-37-34-31-28-26-24-22-23-25-27-29-32-35-38-42-46-50-54-58-62-66-70-81-75(80)69-65-61-57-53-49-45-39-18-16-14-12-10-8-6-4-2/h12,14,18,39,63,67,72-73,77-78H,3-11,13,15-17,19-38,40-62,64-66,68-71H2,1-2H3,(H,76,79)/b14-12-,39-18-,67-63+. The number of aliphatic hydroxyl groups is 2. The molecule has 6 nitrogen and oxygen atoms in total. The first-order valence-electron chi connectivity index (χ1n) is 36.8. The van der Waals surface area contributed by atoms with E-state index in [2.05, 4.69) is 43.5 Å². The van der Waals surface area contributed by atoms with Crippen LogP contribution in [0.2, 0.25) is 0 Å². The molecule has 0 aromatic carbocycles. The van der Waals surface area contributed by atoms with Crippen LogP contribution < -0.4 is 5.32 Å². The summed E-state index contributed by atoms with van der Waals surface area (Å²) in [5, 5.41) is 23.3. The zero-order chi connectivity index (χ0) is 58.5. The highest BCUT2D eigenvalue weighted by molar-refractivity contribution is 5.76. The molecule has 0 aromatic rings. The SMILES string of the molecule is CCCCC/C=C\C/C=C\CCCCCCCC(=O)OCCCCCCCCCCCCCCCCCCCCCCCCCCCCCCC(=O)NC(CO)C(O)/C=C/CCCCCCCCCCCCCCCCCCCCC. The van der Waals surface area contributed by atoms with Gasteiger partial charge in [-0.1, -0.05) is 365 Å². The van der Waals surface area contributed by atoms with E-state index in [1.165, 1.54) is 327 Å².